The van der Waals surface area contributed by atoms with Crippen molar-refractivity contribution < 1.29 is 14.2 Å². The number of nitrogens with zero attached hydrogens (tertiary/aromatic N) is 4. The third-order valence-corrected chi connectivity index (χ3v) is 5.36. The highest BCUT2D eigenvalue weighted by molar-refractivity contribution is 5.59. The number of pyridine rings is 1. The highest BCUT2D eigenvalue weighted by atomic mass is 16.5. The Balaban J connectivity index is 1.67. The van der Waals surface area contributed by atoms with Crippen LogP contribution < -0.4 is 19.9 Å². The quantitative estimate of drug-likeness (QED) is 0.587. The van der Waals surface area contributed by atoms with Crippen LogP contribution in [0.2, 0.25) is 0 Å². The summed E-state index contributed by atoms with van der Waals surface area (Å²) in [7, 11) is 3.38. The molecule has 0 saturated carbocycles. The van der Waals surface area contributed by atoms with Gasteiger partial charge in [-0.15, -0.1) is 0 Å². The number of ether oxygens (including phenoxy) is 3. The largest absolute Gasteiger partial charge is 0.496 e. The molecule has 4 rings (SSSR count). The van der Waals surface area contributed by atoms with E-state index in [0.29, 0.717) is 31.3 Å². The van der Waals surface area contributed by atoms with Gasteiger partial charge in [0.2, 0.25) is 5.95 Å². The zero-order chi connectivity index (χ0) is 22.7. The van der Waals surface area contributed by atoms with Crippen LogP contribution in [-0.2, 0) is 11.8 Å². The number of morpholine rings is 1. The molecule has 1 atom stereocenters. The van der Waals surface area contributed by atoms with Gasteiger partial charge in [0.1, 0.15) is 17.6 Å². The van der Waals surface area contributed by atoms with E-state index >= 15 is 0 Å². The van der Waals surface area contributed by atoms with Crippen LogP contribution in [0.3, 0.4) is 0 Å². The Bertz CT molecular complexity index is 1130. The van der Waals surface area contributed by atoms with Crippen LogP contribution in [0, 0.1) is 0 Å². The molecule has 32 heavy (non-hydrogen) atoms. The molecule has 1 aromatic carbocycles. The normalized spacial score (nSPS) is 16.3. The topological polar surface area (TPSA) is 78.7 Å². The van der Waals surface area contributed by atoms with Crippen molar-refractivity contribution in [3.8, 4) is 22.8 Å². The van der Waals surface area contributed by atoms with Crippen molar-refractivity contribution in [2.45, 2.75) is 26.1 Å². The van der Waals surface area contributed by atoms with E-state index in [1.807, 2.05) is 44.2 Å². The smallest absolute Gasteiger partial charge is 0.255 e. The van der Waals surface area contributed by atoms with E-state index in [1.165, 1.54) is 0 Å². The Morgan fingerprint density at radius 2 is 1.94 bits per heavy atom. The van der Waals surface area contributed by atoms with Gasteiger partial charge in [-0.2, -0.15) is 0 Å². The molecule has 168 valence electrons. The number of hydrogen-bond donors (Lipinski definition) is 0. The van der Waals surface area contributed by atoms with Crippen molar-refractivity contribution in [1.82, 2.24) is 14.5 Å². The van der Waals surface area contributed by atoms with Crippen LogP contribution in [0.5, 0.6) is 11.5 Å². The summed E-state index contributed by atoms with van der Waals surface area (Å²) in [4.78, 5) is 23.6. The molecule has 8 nitrogen and oxygen atoms in total. The summed E-state index contributed by atoms with van der Waals surface area (Å²) in [5.41, 5.74) is 2.27. The van der Waals surface area contributed by atoms with E-state index in [4.69, 9.17) is 19.2 Å². The van der Waals surface area contributed by atoms with E-state index in [1.54, 1.807) is 37.2 Å². The van der Waals surface area contributed by atoms with Crippen LogP contribution >= 0.6 is 0 Å². The number of rotatable bonds is 6. The lowest BCUT2D eigenvalue weighted by Crippen LogP contribution is -2.41. The van der Waals surface area contributed by atoms with Gasteiger partial charge in [0.05, 0.1) is 32.1 Å². The molecular formula is C24H28N4O4. The average Bonchev–Trinajstić information content (AvgIpc) is 2.81. The molecule has 0 radical (unpaired) electrons. The van der Waals surface area contributed by atoms with Gasteiger partial charge in [-0.05, 0) is 44.2 Å². The Kier molecular flexibility index (Phi) is 6.41. The van der Waals surface area contributed by atoms with E-state index in [-0.39, 0.29) is 17.8 Å². The second kappa shape index (κ2) is 9.40. The van der Waals surface area contributed by atoms with Gasteiger partial charge in [-0.3, -0.25) is 14.3 Å². The minimum absolute atomic E-state index is 0.0645. The third-order valence-electron chi connectivity index (χ3n) is 5.36. The Morgan fingerprint density at radius 3 is 2.66 bits per heavy atom. The zero-order valence-electron chi connectivity index (χ0n) is 18.8. The molecule has 8 heteroatoms. The first-order valence-corrected chi connectivity index (χ1v) is 10.7. The van der Waals surface area contributed by atoms with Gasteiger partial charge in [0.25, 0.3) is 5.56 Å². The van der Waals surface area contributed by atoms with Crippen LogP contribution in [0.4, 0.5) is 5.95 Å². The minimum atomic E-state index is -0.254. The summed E-state index contributed by atoms with van der Waals surface area (Å²) < 4.78 is 19.1. The maximum absolute atomic E-state index is 12.7. The van der Waals surface area contributed by atoms with Gasteiger partial charge in [0, 0.05) is 43.2 Å². The fourth-order valence-corrected chi connectivity index (χ4v) is 3.81. The van der Waals surface area contributed by atoms with Crippen molar-refractivity contribution in [3.05, 3.63) is 64.7 Å². The molecule has 0 amide bonds. The summed E-state index contributed by atoms with van der Waals surface area (Å²) in [5, 5.41) is 0. The fraction of sp³-hybridized carbons (Fsp3) is 0.375. The summed E-state index contributed by atoms with van der Waals surface area (Å²) in [5.74, 6) is 2.10. The Morgan fingerprint density at radius 1 is 1.16 bits per heavy atom. The van der Waals surface area contributed by atoms with Gasteiger partial charge in [-0.25, -0.2) is 4.98 Å². The van der Waals surface area contributed by atoms with E-state index in [9.17, 15) is 4.79 Å². The first kappa shape index (κ1) is 21.8. The van der Waals surface area contributed by atoms with Crippen molar-refractivity contribution in [1.29, 1.82) is 0 Å². The first-order chi connectivity index (χ1) is 15.5. The van der Waals surface area contributed by atoms with Crippen LogP contribution in [0.1, 0.15) is 25.5 Å². The molecule has 1 fully saturated rings. The van der Waals surface area contributed by atoms with Crippen LogP contribution in [0.15, 0.2) is 53.6 Å². The lowest BCUT2D eigenvalue weighted by molar-refractivity contribution is 0.0372. The molecule has 0 spiro atoms. The van der Waals surface area contributed by atoms with Gasteiger partial charge < -0.3 is 19.1 Å². The SMILES string of the molecule is COc1ccc(OC(C)C)cc1C1CN(c2nc(-c3ccncc3)cc(=O)n2C)CCO1. The standard InChI is InChI=1S/C24H28N4O4/c1-16(2)32-18-5-6-21(30-4)19(13-18)22-15-28(11-12-31-22)24-26-20(14-23(29)27(24)3)17-7-9-25-10-8-17/h5-10,13-14,16,22H,11-12,15H2,1-4H3. The molecule has 0 N–H and O–H groups in total. The maximum atomic E-state index is 12.7. The van der Waals surface area contributed by atoms with Crippen molar-refractivity contribution in [2.24, 2.45) is 7.05 Å². The van der Waals surface area contributed by atoms with E-state index in [2.05, 4.69) is 9.88 Å². The zero-order valence-corrected chi connectivity index (χ0v) is 18.8. The monoisotopic (exact) mass is 436 g/mol. The molecule has 1 aliphatic heterocycles. The van der Waals surface area contributed by atoms with Gasteiger partial charge in [0.15, 0.2) is 0 Å². The molecule has 1 aliphatic rings. The molecule has 0 bridgehead atoms. The Hall–Kier alpha value is -3.39. The molecule has 2 aromatic heterocycles. The van der Waals surface area contributed by atoms with E-state index < -0.39 is 0 Å². The molecule has 1 unspecified atom stereocenters. The maximum Gasteiger partial charge on any atom is 0.255 e. The van der Waals surface area contributed by atoms with Crippen molar-refractivity contribution in [3.63, 3.8) is 0 Å². The van der Waals surface area contributed by atoms with Crippen LogP contribution in [0.25, 0.3) is 11.3 Å². The summed E-state index contributed by atoms with van der Waals surface area (Å²) in [6.45, 7) is 5.64. The molecule has 1 saturated heterocycles. The third kappa shape index (κ3) is 4.60. The van der Waals surface area contributed by atoms with Gasteiger partial charge in [-0.1, -0.05) is 0 Å². The number of methoxy groups -OCH3 is 1. The summed E-state index contributed by atoms with van der Waals surface area (Å²) in [6, 6.07) is 11.0. The van der Waals surface area contributed by atoms with Crippen molar-refractivity contribution in [2.75, 3.05) is 31.7 Å². The second-order valence-corrected chi connectivity index (χ2v) is 7.95. The highest BCUT2D eigenvalue weighted by Gasteiger charge is 2.27. The lowest BCUT2D eigenvalue weighted by atomic mass is 10.1. The average molecular weight is 437 g/mol. The Labute approximate surface area is 187 Å². The molecule has 3 aromatic rings. The molecule has 3 heterocycles. The second-order valence-electron chi connectivity index (χ2n) is 7.95. The highest BCUT2D eigenvalue weighted by Crippen LogP contribution is 2.34. The van der Waals surface area contributed by atoms with Crippen LogP contribution in [-0.4, -0.2) is 47.4 Å². The number of benzene rings is 1. The minimum Gasteiger partial charge on any atom is -0.496 e. The number of aromatic nitrogens is 3. The first-order valence-electron chi connectivity index (χ1n) is 10.7. The summed E-state index contributed by atoms with van der Waals surface area (Å²) >= 11 is 0. The van der Waals surface area contributed by atoms with E-state index in [0.717, 1.165) is 22.6 Å². The summed E-state index contributed by atoms with van der Waals surface area (Å²) in [6.07, 6.45) is 3.19. The predicted octanol–water partition coefficient (Wildman–Crippen LogP) is 3.22. The predicted molar refractivity (Wildman–Crippen MR) is 122 cm³/mol. The lowest BCUT2D eigenvalue weighted by Gasteiger charge is -2.35. The molecule has 0 aliphatic carbocycles. The fourth-order valence-electron chi connectivity index (χ4n) is 3.81. The van der Waals surface area contributed by atoms with Crippen molar-refractivity contribution >= 4 is 5.95 Å². The number of anilines is 1. The van der Waals surface area contributed by atoms with Gasteiger partial charge >= 0.3 is 0 Å². The molecular weight excluding hydrogens is 408 g/mol. The number of hydrogen-bond acceptors (Lipinski definition) is 7.